The molecule has 1 rings (SSSR count). The first-order chi connectivity index (χ1) is 8.98. The third-order valence-corrected chi connectivity index (χ3v) is 5.63. The van der Waals surface area contributed by atoms with Crippen LogP contribution in [-0.4, -0.2) is 43.9 Å². The molecule has 0 aromatic carbocycles. The van der Waals surface area contributed by atoms with Gasteiger partial charge in [-0.3, -0.25) is 0 Å². The van der Waals surface area contributed by atoms with E-state index in [1.807, 2.05) is 6.07 Å². The van der Waals surface area contributed by atoms with Gasteiger partial charge in [0.1, 0.15) is 0 Å². The largest absolute Gasteiger partial charge is 0.464 e. The number of carbonyl (C=O) groups excluding carboxylic acids is 1. The zero-order valence-corrected chi connectivity index (χ0v) is 12.1. The van der Waals surface area contributed by atoms with Crippen LogP contribution in [0, 0.1) is 11.3 Å². The average Bonchev–Trinajstić information content (AvgIpc) is 2.88. The molecule has 19 heavy (non-hydrogen) atoms. The molecule has 1 aromatic rings. The van der Waals surface area contributed by atoms with Crippen LogP contribution in [0.3, 0.4) is 0 Å². The van der Waals surface area contributed by atoms with Gasteiger partial charge in [-0.05, 0) is 0 Å². The van der Waals surface area contributed by atoms with E-state index >= 15 is 0 Å². The van der Waals surface area contributed by atoms with E-state index in [1.165, 1.54) is 5.51 Å². The number of ether oxygens (including phenoxy) is 1. The smallest absolute Gasteiger partial charge is 0.358 e. The number of hydrogen-bond donors (Lipinski definition) is 0. The highest BCUT2D eigenvalue weighted by molar-refractivity contribution is 7.91. The van der Waals surface area contributed by atoms with Crippen molar-refractivity contribution in [3.63, 3.8) is 0 Å². The third-order valence-electron chi connectivity index (χ3n) is 2.31. The first-order valence-corrected chi connectivity index (χ1v) is 7.69. The summed E-state index contributed by atoms with van der Waals surface area (Å²) in [6.45, 7) is 1.95. The summed E-state index contributed by atoms with van der Waals surface area (Å²) < 4.78 is 30.2. The van der Waals surface area contributed by atoms with Gasteiger partial charge in [0.15, 0.2) is 9.90 Å². The van der Waals surface area contributed by atoms with E-state index < -0.39 is 16.0 Å². The minimum absolute atomic E-state index is 0.0772. The Kier molecular flexibility index (Phi) is 5.41. The van der Waals surface area contributed by atoms with Crippen LogP contribution in [0.15, 0.2) is 9.72 Å². The second-order valence-corrected chi connectivity index (χ2v) is 6.37. The number of hydrogen-bond acceptors (Lipinski definition) is 7. The zero-order chi connectivity index (χ0) is 14.5. The van der Waals surface area contributed by atoms with Gasteiger partial charge in [0.2, 0.25) is 0 Å². The molecule has 0 aliphatic heterocycles. The van der Waals surface area contributed by atoms with Crippen LogP contribution in [0.5, 0.6) is 0 Å². The van der Waals surface area contributed by atoms with Crippen molar-refractivity contribution in [2.24, 2.45) is 0 Å². The van der Waals surface area contributed by atoms with Gasteiger partial charge in [0.05, 0.1) is 18.7 Å². The van der Waals surface area contributed by atoms with Gasteiger partial charge < -0.3 is 4.74 Å². The maximum Gasteiger partial charge on any atom is 0.358 e. The number of rotatable bonds is 6. The molecule has 0 spiro atoms. The molecule has 7 nitrogen and oxygen atoms in total. The van der Waals surface area contributed by atoms with E-state index in [4.69, 9.17) is 5.26 Å². The van der Waals surface area contributed by atoms with Crippen LogP contribution in [-0.2, 0) is 14.8 Å². The molecule has 104 valence electrons. The van der Waals surface area contributed by atoms with Crippen molar-refractivity contribution >= 4 is 27.3 Å². The summed E-state index contributed by atoms with van der Waals surface area (Å²) in [4.78, 5) is 15.2. The van der Waals surface area contributed by atoms with E-state index in [-0.39, 0.29) is 29.4 Å². The summed E-state index contributed by atoms with van der Waals surface area (Å²) in [6.07, 6.45) is 0.0828. The van der Waals surface area contributed by atoms with Crippen LogP contribution in [0.4, 0.5) is 0 Å². The molecule has 0 fully saturated rings. The monoisotopic (exact) mass is 303 g/mol. The molecule has 9 heteroatoms. The highest BCUT2D eigenvalue weighted by Gasteiger charge is 2.31. The van der Waals surface area contributed by atoms with Gasteiger partial charge in [-0.1, -0.05) is 6.92 Å². The molecule has 0 saturated heterocycles. The second-order valence-electron chi connectivity index (χ2n) is 3.38. The molecule has 0 unspecified atom stereocenters. The summed E-state index contributed by atoms with van der Waals surface area (Å²) >= 11 is 0.853. The standard InChI is InChI=1S/C10H13N3O4S2/c1-3-13(6-4-5-11)19(15,16)10-8(9(14)17-2)12-7-18-10/h7H,3-4,6H2,1-2H3. The Labute approximate surface area is 115 Å². The fraction of sp³-hybridized carbons (Fsp3) is 0.500. The molecule has 0 N–H and O–H groups in total. The number of esters is 1. The minimum Gasteiger partial charge on any atom is -0.464 e. The van der Waals surface area contributed by atoms with Crippen molar-refractivity contribution in [1.29, 1.82) is 5.26 Å². The highest BCUT2D eigenvalue weighted by atomic mass is 32.2. The van der Waals surface area contributed by atoms with Gasteiger partial charge in [0.25, 0.3) is 10.0 Å². The van der Waals surface area contributed by atoms with Gasteiger partial charge in [0, 0.05) is 19.5 Å². The fourth-order valence-electron chi connectivity index (χ4n) is 1.39. The molecule has 0 atom stereocenters. The summed E-state index contributed by atoms with van der Waals surface area (Å²) in [5, 5.41) is 8.53. The van der Waals surface area contributed by atoms with Crippen LogP contribution >= 0.6 is 11.3 Å². The summed E-state index contributed by atoms with van der Waals surface area (Å²) in [5.74, 6) is -0.795. The molecule has 0 aliphatic rings. The first kappa shape index (κ1) is 15.6. The van der Waals surface area contributed by atoms with Crippen LogP contribution < -0.4 is 0 Å². The lowest BCUT2D eigenvalue weighted by molar-refractivity contribution is 0.0590. The van der Waals surface area contributed by atoms with Crippen molar-refractivity contribution in [1.82, 2.24) is 9.29 Å². The lowest BCUT2D eigenvalue weighted by Crippen LogP contribution is -2.32. The second kappa shape index (κ2) is 6.60. The van der Waals surface area contributed by atoms with Crippen molar-refractivity contribution in [2.75, 3.05) is 20.2 Å². The predicted molar refractivity (Wildman–Crippen MR) is 68.1 cm³/mol. The number of thiazole rings is 1. The molecule has 0 radical (unpaired) electrons. The summed E-state index contributed by atoms with van der Waals surface area (Å²) in [6, 6.07) is 1.89. The first-order valence-electron chi connectivity index (χ1n) is 5.37. The Morgan fingerprint density at radius 3 is 2.84 bits per heavy atom. The number of sulfonamides is 1. The lowest BCUT2D eigenvalue weighted by Gasteiger charge is -2.18. The van der Waals surface area contributed by atoms with E-state index in [9.17, 15) is 13.2 Å². The number of methoxy groups -OCH3 is 1. The third kappa shape index (κ3) is 3.28. The molecule has 1 heterocycles. The SMILES string of the molecule is CCN(CCC#N)S(=O)(=O)c1scnc1C(=O)OC. The van der Waals surface area contributed by atoms with Crippen molar-refractivity contribution < 1.29 is 17.9 Å². The summed E-state index contributed by atoms with van der Waals surface area (Å²) in [5.41, 5.74) is 1.06. The Hall–Kier alpha value is -1.50. The Balaban J connectivity index is 3.16. The Bertz CT molecular complexity index is 588. The van der Waals surface area contributed by atoms with E-state index in [0.29, 0.717) is 0 Å². The van der Waals surface area contributed by atoms with Gasteiger partial charge >= 0.3 is 5.97 Å². The quantitative estimate of drug-likeness (QED) is 0.722. The van der Waals surface area contributed by atoms with Gasteiger partial charge in [-0.15, -0.1) is 11.3 Å². The van der Waals surface area contributed by atoms with Crippen molar-refractivity contribution in [3.8, 4) is 6.07 Å². The Morgan fingerprint density at radius 2 is 2.32 bits per heavy atom. The highest BCUT2D eigenvalue weighted by Crippen LogP contribution is 2.24. The molecular formula is C10H13N3O4S2. The van der Waals surface area contributed by atoms with Crippen LogP contribution in [0.1, 0.15) is 23.8 Å². The van der Waals surface area contributed by atoms with E-state index in [1.54, 1.807) is 6.92 Å². The lowest BCUT2D eigenvalue weighted by atomic mass is 10.5. The molecule has 0 saturated carbocycles. The maximum absolute atomic E-state index is 12.4. The fourth-order valence-corrected chi connectivity index (χ4v) is 4.11. The van der Waals surface area contributed by atoms with Crippen LogP contribution in [0.2, 0.25) is 0 Å². The maximum atomic E-state index is 12.4. The number of carbonyl (C=O) groups is 1. The number of nitriles is 1. The van der Waals surface area contributed by atoms with Gasteiger partial charge in [-0.2, -0.15) is 9.57 Å². The van der Waals surface area contributed by atoms with Crippen molar-refractivity contribution in [3.05, 3.63) is 11.2 Å². The molecule has 1 aromatic heterocycles. The summed E-state index contributed by atoms with van der Waals surface area (Å²) in [7, 11) is -2.67. The molecule has 0 amide bonds. The molecular weight excluding hydrogens is 290 g/mol. The molecule has 0 bridgehead atoms. The minimum atomic E-state index is -3.83. The normalized spacial score (nSPS) is 11.3. The Morgan fingerprint density at radius 1 is 1.63 bits per heavy atom. The number of aromatic nitrogens is 1. The van der Waals surface area contributed by atoms with E-state index in [2.05, 4.69) is 9.72 Å². The van der Waals surface area contributed by atoms with Crippen LogP contribution in [0.25, 0.3) is 0 Å². The van der Waals surface area contributed by atoms with E-state index in [0.717, 1.165) is 22.8 Å². The zero-order valence-electron chi connectivity index (χ0n) is 10.5. The topological polar surface area (TPSA) is 100 Å². The van der Waals surface area contributed by atoms with Gasteiger partial charge in [-0.25, -0.2) is 18.2 Å². The molecule has 0 aliphatic carbocycles. The number of nitrogens with zero attached hydrogens (tertiary/aromatic N) is 3. The average molecular weight is 303 g/mol. The predicted octanol–water partition coefficient (Wildman–Crippen LogP) is 0.854. The van der Waals surface area contributed by atoms with Crippen molar-refractivity contribution in [2.45, 2.75) is 17.6 Å².